The second-order valence-corrected chi connectivity index (χ2v) is 5.89. The Kier molecular flexibility index (Phi) is 4.76. The molecule has 6 heteroatoms. The number of anilines is 1. The van der Waals surface area contributed by atoms with E-state index in [1.165, 1.54) is 13.5 Å². The summed E-state index contributed by atoms with van der Waals surface area (Å²) < 4.78 is 4.64. The van der Waals surface area contributed by atoms with Crippen LogP contribution in [0.4, 0.5) is 5.13 Å². The molecule has 1 aromatic rings. The van der Waals surface area contributed by atoms with Gasteiger partial charge in [-0.2, -0.15) is 0 Å². The van der Waals surface area contributed by atoms with Crippen molar-refractivity contribution in [3.8, 4) is 0 Å². The Morgan fingerprint density at radius 2 is 2.42 bits per heavy atom. The van der Waals surface area contributed by atoms with Gasteiger partial charge in [0.05, 0.1) is 19.2 Å². The molecular weight excluding hydrogens is 262 g/mol. The SMILES string of the molecule is COC(=O)CCc1csc(N2CCC(N(C)C)C2)n1. The fraction of sp³-hybridized carbons (Fsp3) is 0.692. The smallest absolute Gasteiger partial charge is 0.305 e. The molecule has 0 bridgehead atoms. The van der Waals surface area contributed by atoms with Crippen LogP contribution in [0.15, 0.2) is 5.38 Å². The first-order valence-electron chi connectivity index (χ1n) is 6.52. The zero-order valence-electron chi connectivity index (χ0n) is 11.8. The summed E-state index contributed by atoms with van der Waals surface area (Å²) in [6.45, 7) is 2.10. The number of carbonyl (C=O) groups is 1. The zero-order chi connectivity index (χ0) is 13.8. The van der Waals surface area contributed by atoms with Gasteiger partial charge < -0.3 is 14.5 Å². The van der Waals surface area contributed by atoms with E-state index in [9.17, 15) is 4.79 Å². The van der Waals surface area contributed by atoms with E-state index < -0.39 is 0 Å². The molecule has 0 spiro atoms. The summed E-state index contributed by atoms with van der Waals surface area (Å²) in [6.07, 6.45) is 2.25. The molecule has 2 heterocycles. The fourth-order valence-corrected chi connectivity index (χ4v) is 3.12. The summed E-state index contributed by atoms with van der Waals surface area (Å²) in [5.74, 6) is -0.177. The first kappa shape index (κ1) is 14.3. The van der Waals surface area contributed by atoms with Crippen LogP contribution in [0.25, 0.3) is 0 Å². The number of ether oxygens (including phenoxy) is 1. The van der Waals surface area contributed by atoms with Gasteiger partial charge in [0.15, 0.2) is 5.13 Å². The topological polar surface area (TPSA) is 45.7 Å². The van der Waals surface area contributed by atoms with Gasteiger partial charge in [-0.25, -0.2) is 4.98 Å². The third kappa shape index (κ3) is 3.67. The largest absolute Gasteiger partial charge is 0.469 e. The molecule has 0 N–H and O–H groups in total. The van der Waals surface area contributed by atoms with E-state index >= 15 is 0 Å². The van der Waals surface area contributed by atoms with Gasteiger partial charge in [0.25, 0.3) is 0 Å². The monoisotopic (exact) mass is 283 g/mol. The van der Waals surface area contributed by atoms with E-state index in [1.807, 2.05) is 5.38 Å². The third-order valence-electron chi connectivity index (χ3n) is 3.52. The predicted octanol–water partition coefficient (Wildman–Crippen LogP) is 1.39. The molecule has 1 saturated heterocycles. The van der Waals surface area contributed by atoms with E-state index in [-0.39, 0.29) is 5.97 Å². The number of esters is 1. The summed E-state index contributed by atoms with van der Waals surface area (Å²) in [6, 6.07) is 0.613. The zero-order valence-corrected chi connectivity index (χ0v) is 12.6. The molecule has 19 heavy (non-hydrogen) atoms. The number of hydrogen-bond donors (Lipinski definition) is 0. The number of nitrogens with zero attached hydrogens (tertiary/aromatic N) is 3. The third-order valence-corrected chi connectivity index (χ3v) is 4.47. The van der Waals surface area contributed by atoms with Crippen molar-refractivity contribution in [2.75, 3.05) is 39.2 Å². The van der Waals surface area contributed by atoms with Gasteiger partial charge in [0.2, 0.25) is 0 Å². The van der Waals surface area contributed by atoms with Crippen LogP contribution < -0.4 is 4.90 Å². The van der Waals surface area contributed by atoms with E-state index in [1.54, 1.807) is 11.3 Å². The molecular formula is C13H21N3O2S. The van der Waals surface area contributed by atoms with Crippen molar-refractivity contribution in [2.24, 2.45) is 0 Å². The van der Waals surface area contributed by atoms with Crippen LogP contribution in [0.3, 0.4) is 0 Å². The van der Waals surface area contributed by atoms with Gasteiger partial charge in [-0.3, -0.25) is 4.79 Å². The average molecular weight is 283 g/mol. The Balaban J connectivity index is 1.89. The lowest BCUT2D eigenvalue weighted by atomic mass is 10.2. The van der Waals surface area contributed by atoms with Crippen LogP contribution >= 0.6 is 11.3 Å². The average Bonchev–Trinajstić information content (AvgIpc) is 3.04. The number of rotatable bonds is 5. The molecule has 1 fully saturated rings. The van der Waals surface area contributed by atoms with Crippen molar-refractivity contribution in [1.82, 2.24) is 9.88 Å². The molecule has 0 saturated carbocycles. The standard InChI is InChI=1S/C13H21N3O2S/c1-15(2)11-6-7-16(8-11)13-14-10(9-19-13)4-5-12(17)18-3/h9,11H,4-8H2,1-3H3. The van der Waals surface area contributed by atoms with Crippen molar-refractivity contribution in [3.05, 3.63) is 11.1 Å². The maximum absolute atomic E-state index is 11.1. The van der Waals surface area contributed by atoms with Gasteiger partial charge in [0.1, 0.15) is 0 Å². The predicted molar refractivity (Wildman–Crippen MR) is 76.8 cm³/mol. The molecule has 5 nitrogen and oxygen atoms in total. The maximum Gasteiger partial charge on any atom is 0.305 e. The Hall–Kier alpha value is -1.14. The van der Waals surface area contributed by atoms with E-state index in [2.05, 4.69) is 33.6 Å². The highest BCUT2D eigenvalue weighted by atomic mass is 32.1. The lowest BCUT2D eigenvalue weighted by molar-refractivity contribution is -0.140. The minimum atomic E-state index is -0.177. The lowest BCUT2D eigenvalue weighted by Crippen LogP contribution is -2.31. The quantitative estimate of drug-likeness (QED) is 0.764. The van der Waals surface area contributed by atoms with E-state index in [0.717, 1.165) is 23.9 Å². The number of methoxy groups -OCH3 is 1. The van der Waals surface area contributed by atoms with E-state index in [0.29, 0.717) is 18.9 Å². The first-order valence-corrected chi connectivity index (χ1v) is 7.40. The summed E-state index contributed by atoms with van der Waals surface area (Å²) >= 11 is 1.66. The van der Waals surface area contributed by atoms with Crippen LogP contribution in [-0.4, -0.2) is 56.2 Å². The maximum atomic E-state index is 11.1. The molecule has 1 aromatic heterocycles. The molecule has 106 valence electrons. The van der Waals surface area contributed by atoms with Crippen molar-refractivity contribution in [3.63, 3.8) is 0 Å². The number of carbonyl (C=O) groups excluding carboxylic acids is 1. The lowest BCUT2D eigenvalue weighted by Gasteiger charge is -2.19. The highest BCUT2D eigenvalue weighted by Crippen LogP contribution is 2.26. The molecule has 1 atom stereocenters. The molecule has 1 aliphatic heterocycles. The minimum Gasteiger partial charge on any atom is -0.469 e. The summed E-state index contributed by atoms with van der Waals surface area (Å²) in [4.78, 5) is 20.3. The Morgan fingerprint density at radius 3 is 3.05 bits per heavy atom. The van der Waals surface area contributed by atoms with Crippen LogP contribution in [0, 0.1) is 0 Å². The van der Waals surface area contributed by atoms with Crippen molar-refractivity contribution in [1.29, 1.82) is 0 Å². The highest BCUT2D eigenvalue weighted by Gasteiger charge is 2.25. The number of aryl methyl sites for hydroxylation is 1. The molecule has 0 radical (unpaired) electrons. The Bertz CT molecular complexity index is 433. The molecule has 0 amide bonds. The molecule has 0 aromatic carbocycles. The first-order chi connectivity index (χ1) is 9.10. The Labute approximate surface area is 118 Å². The summed E-state index contributed by atoms with van der Waals surface area (Å²) in [5, 5.41) is 3.12. The second kappa shape index (κ2) is 6.34. The number of hydrogen-bond acceptors (Lipinski definition) is 6. The number of thiazole rings is 1. The van der Waals surface area contributed by atoms with Crippen LogP contribution in [-0.2, 0) is 16.0 Å². The van der Waals surface area contributed by atoms with E-state index in [4.69, 9.17) is 0 Å². The molecule has 1 aliphatic rings. The highest BCUT2D eigenvalue weighted by molar-refractivity contribution is 7.13. The van der Waals surface area contributed by atoms with Gasteiger partial charge >= 0.3 is 5.97 Å². The Morgan fingerprint density at radius 1 is 1.63 bits per heavy atom. The molecule has 1 unspecified atom stereocenters. The van der Waals surface area contributed by atoms with Crippen molar-refractivity contribution in [2.45, 2.75) is 25.3 Å². The van der Waals surface area contributed by atoms with Gasteiger partial charge in [-0.1, -0.05) is 0 Å². The van der Waals surface area contributed by atoms with Crippen LogP contribution in [0.5, 0.6) is 0 Å². The normalized spacial score (nSPS) is 19.2. The number of aromatic nitrogens is 1. The summed E-state index contributed by atoms with van der Waals surface area (Å²) in [7, 11) is 5.66. The van der Waals surface area contributed by atoms with Crippen molar-refractivity contribution >= 4 is 22.4 Å². The van der Waals surface area contributed by atoms with Crippen molar-refractivity contribution < 1.29 is 9.53 Å². The van der Waals surface area contributed by atoms with Gasteiger partial charge in [-0.05, 0) is 20.5 Å². The van der Waals surface area contributed by atoms with Gasteiger partial charge in [-0.15, -0.1) is 11.3 Å². The van der Waals surface area contributed by atoms with Crippen LogP contribution in [0.1, 0.15) is 18.5 Å². The summed E-state index contributed by atoms with van der Waals surface area (Å²) in [5.41, 5.74) is 0.985. The minimum absolute atomic E-state index is 0.177. The molecule has 0 aliphatic carbocycles. The number of likely N-dealkylation sites (N-methyl/N-ethyl adjacent to an activating group) is 1. The molecule has 2 rings (SSSR count). The fourth-order valence-electron chi connectivity index (χ4n) is 2.23. The second-order valence-electron chi connectivity index (χ2n) is 5.05. The van der Waals surface area contributed by atoms with Gasteiger partial charge in [0, 0.05) is 30.9 Å². The van der Waals surface area contributed by atoms with Crippen LogP contribution in [0.2, 0.25) is 0 Å².